The molecule has 6 nitrogen and oxygen atoms in total. The number of hydrogen-bond acceptors (Lipinski definition) is 6. The van der Waals surface area contributed by atoms with Crippen molar-refractivity contribution in [2.45, 2.75) is 58.0 Å². The lowest BCUT2D eigenvalue weighted by molar-refractivity contribution is -0.121. The highest BCUT2D eigenvalue weighted by molar-refractivity contribution is 7.18. The molecule has 3 aromatic rings. The first kappa shape index (κ1) is 21.8. The molecule has 0 saturated carbocycles. The van der Waals surface area contributed by atoms with Gasteiger partial charge in [0.25, 0.3) is 5.56 Å². The van der Waals surface area contributed by atoms with E-state index in [-0.39, 0.29) is 11.5 Å². The van der Waals surface area contributed by atoms with E-state index in [0.29, 0.717) is 18.9 Å². The van der Waals surface area contributed by atoms with Crippen LogP contribution in [0.1, 0.15) is 47.4 Å². The van der Waals surface area contributed by atoms with Gasteiger partial charge in [0.1, 0.15) is 4.83 Å². The predicted molar refractivity (Wildman–Crippen MR) is 130 cm³/mol. The molecule has 0 atom stereocenters. The maximum Gasteiger partial charge on any atom is 0.262 e. The quantitative estimate of drug-likeness (QED) is 0.570. The van der Waals surface area contributed by atoms with Crippen molar-refractivity contribution < 1.29 is 4.79 Å². The Kier molecular flexibility index (Phi) is 6.71. The minimum atomic E-state index is 0.0142. The van der Waals surface area contributed by atoms with Gasteiger partial charge in [0, 0.05) is 35.8 Å². The van der Waals surface area contributed by atoms with Gasteiger partial charge in [-0.05, 0) is 74.5 Å². The molecule has 1 N–H and O–H groups in total. The molecule has 1 fully saturated rings. The zero-order chi connectivity index (χ0) is 21.9. The first-order valence-electron chi connectivity index (χ1n) is 11.7. The average molecular weight is 471 g/mol. The lowest BCUT2D eigenvalue weighted by Gasteiger charge is -2.31. The number of thiophene rings is 2. The minimum Gasteiger partial charge on any atom is -0.356 e. The third kappa shape index (κ3) is 4.82. The third-order valence-corrected chi connectivity index (χ3v) is 8.84. The van der Waals surface area contributed by atoms with Gasteiger partial charge in [-0.3, -0.25) is 19.1 Å². The molecule has 0 radical (unpaired) electrons. The fourth-order valence-electron chi connectivity index (χ4n) is 4.88. The Morgan fingerprint density at radius 2 is 2.06 bits per heavy atom. The van der Waals surface area contributed by atoms with E-state index in [4.69, 9.17) is 0 Å². The van der Waals surface area contributed by atoms with Crippen LogP contribution in [0.3, 0.4) is 0 Å². The van der Waals surface area contributed by atoms with Crippen LogP contribution in [0.4, 0.5) is 0 Å². The highest BCUT2D eigenvalue weighted by atomic mass is 32.1. The van der Waals surface area contributed by atoms with E-state index < -0.39 is 0 Å². The van der Waals surface area contributed by atoms with Gasteiger partial charge in [0.2, 0.25) is 5.91 Å². The molecular weight excluding hydrogens is 440 g/mol. The van der Waals surface area contributed by atoms with Gasteiger partial charge >= 0.3 is 0 Å². The molecule has 2 aliphatic rings. The van der Waals surface area contributed by atoms with Crippen LogP contribution < -0.4 is 10.9 Å². The number of aromatic nitrogens is 2. The number of rotatable bonds is 7. The zero-order valence-electron chi connectivity index (χ0n) is 18.3. The molecule has 1 aliphatic heterocycles. The topological polar surface area (TPSA) is 67.2 Å². The number of hydrogen-bond donors (Lipinski definition) is 1. The van der Waals surface area contributed by atoms with Crippen LogP contribution in [0.25, 0.3) is 10.2 Å². The highest BCUT2D eigenvalue weighted by Crippen LogP contribution is 2.33. The number of piperidine rings is 1. The van der Waals surface area contributed by atoms with Crippen LogP contribution in [-0.4, -0.2) is 40.0 Å². The van der Waals surface area contributed by atoms with Crippen molar-refractivity contribution in [3.05, 3.63) is 49.5 Å². The maximum absolute atomic E-state index is 13.0. The Hall–Kier alpha value is -2.03. The summed E-state index contributed by atoms with van der Waals surface area (Å²) in [5.74, 6) is 0.557. The number of nitrogens with zero attached hydrogens (tertiary/aromatic N) is 3. The van der Waals surface area contributed by atoms with Gasteiger partial charge < -0.3 is 5.32 Å². The second-order valence-electron chi connectivity index (χ2n) is 8.99. The van der Waals surface area contributed by atoms with Crippen molar-refractivity contribution in [3.63, 3.8) is 0 Å². The highest BCUT2D eigenvalue weighted by Gasteiger charge is 2.21. The average Bonchev–Trinajstić information content (AvgIpc) is 3.46. The van der Waals surface area contributed by atoms with E-state index in [2.05, 4.69) is 32.7 Å². The van der Waals surface area contributed by atoms with Crippen LogP contribution in [0.2, 0.25) is 0 Å². The summed E-state index contributed by atoms with van der Waals surface area (Å²) >= 11 is 3.48. The van der Waals surface area contributed by atoms with E-state index in [1.807, 2.05) is 11.3 Å². The summed E-state index contributed by atoms with van der Waals surface area (Å²) < 4.78 is 1.62. The van der Waals surface area contributed by atoms with Gasteiger partial charge in [0.15, 0.2) is 0 Å². The second-order valence-corrected chi connectivity index (χ2v) is 11.1. The lowest BCUT2D eigenvalue weighted by atomic mass is 9.96. The summed E-state index contributed by atoms with van der Waals surface area (Å²) in [5.41, 5.74) is 1.22. The summed E-state index contributed by atoms with van der Waals surface area (Å²) in [6.45, 7) is 4.33. The molecule has 4 heterocycles. The van der Waals surface area contributed by atoms with Crippen LogP contribution in [-0.2, 0) is 30.7 Å². The molecule has 1 saturated heterocycles. The van der Waals surface area contributed by atoms with Crippen molar-refractivity contribution in [1.29, 1.82) is 0 Å². The summed E-state index contributed by atoms with van der Waals surface area (Å²) in [5, 5.41) is 6.02. The molecule has 1 aliphatic carbocycles. The van der Waals surface area contributed by atoms with E-state index >= 15 is 0 Å². The molecule has 32 heavy (non-hydrogen) atoms. The van der Waals surface area contributed by atoms with Crippen molar-refractivity contribution in [3.8, 4) is 0 Å². The Labute approximate surface area is 196 Å². The third-order valence-electron chi connectivity index (χ3n) is 6.78. The molecule has 0 aromatic carbocycles. The summed E-state index contributed by atoms with van der Waals surface area (Å²) in [4.78, 5) is 36.1. The van der Waals surface area contributed by atoms with Crippen molar-refractivity contribution in [2.24, 2.45) is 5.92 Å². The minimum absolute atomic E-state index is 0.0142. The number of aryl methyl sites for hydroxylation is 3. The van der Waals surface area contributed by atoms with Gasteiger partial charge in [-0.2, -0.15) is 0 Å². The van der Waals surface area contributed by atoms with Gasteiger partial charge in [0.05, 0.1) is 11.7 Å². The fraction of sp³-hybridized carbons (Fsp3) is 0.542. The lowest BCUT2D eigenvalue weighted by Crippen LogP contribution is -2.38. The smallest absolute Gasteiger partial charge is 0.262 e. The van der Waals surface area contributed by atoms with Crippen LogP contribution >= 0.6 is 22.7 Å². The fourth-order valence-corrected chi connectivity index (χ4v) is 6.85. The molecule has 1 amide bonds. The summed E-state index contributed by atoms with van der Waals surface area (Å²) in [6.07, 6.45) is 8.54. The Balaban J connectivity index is 1.10. The van der Waals surface area contributed by atoms with E-state index in [1.165, 1.54) is 21.7 Å². The second kappa shape index (κ2) is 9.85. The maximum atomic E-state index is 13.0. The van der Waals surface area contributed by atoms with Crippen molar-refractivity contribution in [1.82, 2.24) is 19.8 Å². The number of likely N-dealkylation sites (tertiary alicyclic amines) is 1. The number of carbonyl (C=O) groups is 1. The van der Waals surface area contributed by atoms with Crippen LogP contribution in [0.5, 0.6) is 0 Å². The number of nitrogens with one attached hydrogen (secondary N) is 1. The van der Waals surface area contributed by atoms with E-state index in [0.717, 1.165) is 68.5 Å². The number of fused-ring (bicyclic) bond motifs is 3. The zero-order valence-corrected chi connectivity index (χ0v) is 20.0. The molecular formula is C24H30N4O2S2. The normalized spacial score (nSPS) is 17.5. The van der Waals surface area contributed by atoms with Gasteiger partial charge in [-0.15, -0.1) is 22.7 Å². The van der Waals surface area contributed by atoms with E-state index in [9.17, 15) is 9.59 Å². The van der Waals surface area contributed by atoms with Gasteiger partial charge in [-0.1, -0.05) is 6.07 Å². The SMILES string of the molecule is O=C(CCn1cnc2sc3c(c2c1=O)CCCC3)NCC1CCN(Cc2cccs2)CC1. The molecule has 3 aromatic heterocycles. The van der Waals surface area contributed by atoms with Crippen molar-refractivity contribution >= 4 is 38.8 Å². The molecule has 0 spiro atoms. The van der Waals surface area contributed by atoms with Gasteiger partial charge in [-0.25, -0.2) is 4.98 Å². The Morgan fingerprint density at radius 3 is 2.88 bits per heavy atom. The Bertz CT molecular complexity index is 1130. The van der Waals surface area contributed by atoms with Crippen LogP contribution in [0, 0.1) is 5.92 Å². The molecule has 5 rings (SSSR count). The van der Waals surface area contributed by atoms with E-state index in [1.54, 1.807) is 22.2 Å². The first-order valence-corrected chi connectivity index (χ1v) is 13.4. The summed E-state index contributed by atoms with van der Waals surface area (Å²) in [6, 6.07) is 4.31. The Morgan fingerprint density at radius 1 is 1.22 bits per heavy atom. The molecule has 170 valence electrons. The number of carbonyl (C=O) groups excluding carboxylic acids is 1. The first-order chi connectivity index (χ1) is 15.7. The van der Waals surface area contributed by atoms with Crippen molar-refractivity contribution in [2.75, 3.05) is 19.6 Å². The largest absolute Gasteiger partial charge is 0.356 e. The summed E-state index contributed by atoms with van der Waals surface area (Å²) in [7, 11) is 0. The number of amides is 1. The predicted octanol–water partition coefficient (Wildman–Crippen LogP) is 3.82. The molecule has 0 unspecified atom stereocenters. The monoisotopic (exact) mass is 470 g/mol. The molecule has 8 heteroatoms. The standard InChI is InChI=1S/C24H30N4O2S2/c29-21(25-14-17-7-10-27(11-8-17)15-18-4-3-13-31-18)9-12-28-16-26-23-22(24(28)30)19-5-1-2-6-20(19)32-23/h3-4,13,16-17H,1-2,5-12,14-15H2,(H,25,29). The molecule has 0 bridgehead atoms. The van der Waals surface area contributed by atoms with Crippen LogP contribution in [0.15, 0.2) is 28.6 Å².